The van der Waals surface area contributed by atoms with Gasteiger partial charge in [-0.3, -0.25) is 0 Å². The third-order valence-corrected chi connectivity index (χ3v) is 3.26. The lowest BCUT2D eigenvalue weighted by Gasteiger charge is -2.25. The Bertz CT molecular complexity index is 354. The largest absolute Gasteiger partial charge is 0.497 e. The van der Waals surface area contributed by atoms with Crippen molar-refractivity contribution >= 4 is 11.6 Å². The topological polar surface area (TPSA) is 21.3 Å². The highest BCUT2D eigenvalue weighted by molar-refractivity contribution is 6.31. The quantitative estimate of drug-likeness (QED) is 0.861. The first-order valence-corrected chi connectivity index (χ1v) is 5.86. The predicted molar refractivity (Wildman–Crippen MR) is 62.6 cm³/mol. The van der Waals surface area contributed by atoms with Crippen molar-refractivity contribution in [2.24, 2.45) is 0 Å². The van der Waals surface area contributed by atoms with Gasteiger partial charge in [-0.05, 0) is 25.5 Å². The molecule has 0 saturated carbocycles. The predicted octanol–water partition coefficient (Wildman–Crippen LogP) is 3.30. The number of hydrogen-bond acceptors (Lipinski definition) is 2. The van der Waals surface area contributed by atoms with Crippen molar-refractivity contribution in [3.8, 4) is 5.75 Å². The molecule has 1 aromatic carbocycles. The second kappa shape index (κ2) is 5.02. The van der Waals surface area contributed by atoms with Gasteiger partial charge in [-0.25, -0.2) is 4.39 Å². The van der Waals surface area contributed by atoms with E-state index in [1.165, 1.54) is 13.2 Å². The van der Waals surface area contributed by atoms with Crippen LogP contribution in [-0.4, -0.2) is 13.7 Å². The van der Waals surface area contributed by atoms with Gasteiger partial charge in [0.1, 0.15) is 11.6 Å². The van der Waals surface area contributed by atoms with Crippen molar-refractivity contribution in [2.45, 2.75) is 25.3 Å². The molecule has 2 rings (SSSR count). The lowest BCUT2D eigenvalue weighted by atomic mass is 9.97. The standard InChI is InChI=1S/C12H15ClFNO/c1-16-8-6-9(13)12(10(14)7-8)11-4-2-3-5-15-11/h6-7,11,15H,2-5H2,1H3. The molecule has 1 heterocycles. The molecule has 4 heteroatoms. The van der Waals surface area contributed by atoms with Crippen molar-refractivity contribution < 1.29 is 9.13 Å². The monoisotopic (exact) mass is 243 g/mol. The zero-order valence-corrected chi connectivity index (χ0v) is 9.98. The molecule has 0 bridgehead atoms. The number of methoxy groups -OCH3 is 1. The molecule has 1 aromatic rings. The molecular formula is C12H15ClFNO. The van der Waals surface area contributed by atoms with E-state index in [2.05, 4.69) is 5.32 Å². The minimum atomic E-state index is -0.288. The van der Waals surface area contributed by atoms with Crippen molar-refractivity contribution in [3.63, 3.8) is 0 Å². The van der Waals surface area contributed by atoms with Crippen molar-refractivity contribution in [2.75, 3.05) is 13.7 Å². The molecule has 0 spiro atoms. The van der Waals surface area contributed by atoms with Crippen LogP contribution in [0.4, 0.5) is 4.39 Å². The first-order valence-electron chi connectivity index (χ1n) is 5.48. The van der Waals surface area contributed by atoms with Gasteiger partial charge in [0.2, 0.25) is 0 Å². The molecule has 1 unspecified atom stereocenters. The Hall–Kier alpha value is -0.800. The summed E-state index contributed by atoms with van der Waals surface area (Å²) in [5, 5.41) is 3.73. The van der Waals surface area contributed by atoms with Crippen molar-refractivity contribution in [1.82, 2.24) is 5.32 Å². The Kier molecular flexibility index (Phi) is 3.66. The maximum absolute atomic E-state index is 13.9. The van der Waals surface area contributed by atoms with Gasteiger partial charge in [-0.2, -0.15) is 0 Å². The zero-order valence-electron chi connectivity index (χ0n) is 9.22. The molecule has 88 valence electrons. The van der Waals surface area contributed by atoms with E-state index in [1.807, 2.05) is 0 Å². The highest BCUT2D eigenvalue weighted by Crippen LogP contribution is 2.33. The molecule has 1 atom stereocenters. The highest BCUT2D eigenvalue weighted by Gasteiger charge is 2.21. The van der Waals surface area contributed by atoms with E-state index >= 15 is 0 Å². The van der Waals surface area contributed by atoms with E-state index < -0.39 is 0 Å². The van der Waals surface area contributed by atoms with Gasteiger partial charge in [0.15, 0.2) is 0 Å². The lowest BCUT2D eigenvalue weighted by molar-refractivity contribution is 0.392. The second-order valence-corrected chi connectivity index (χ2v) is 4.41. The Morgan fingerprint density at radius 2 is 2.25 bits per heavy atom. The summed E-state index contributed by atoms with van der Waals surface area (Å²) in [6.07, 6.45) is 3.19. The van der Waals surface area contributed by atoms with E-state index in [0.29, 0.717) is 16.3 Å². The first kappa shape index (κ1) is 11.7. The van der Waals surface area contributed by atoms with E-state index in [4.69, 9.17) is 16.3 Å². The number of benzene rings is 1. The van der Waals surface area contributed by atoms with Crippen LogP contribution in [-0.2, 0) is 0 Å². The van der Waals surface area contributed by atoms with Gasteiger partial charge in [0.25, 0.3) is 0 Å². The summed E-state index contributed by atoms with van der Waals surface area (Å²) in [6.45, 7) is 0.923. The minimum Gasteiger partial charge on any atom is -0.497 e. The van der Waals surface area contributed by atoms with Crippen LogP contribution in [0.25, 0.3) is 0 Å². The van der Waals surface area contributed by atoms with Crippen LogP contribution < -0.4 is 10.1 Å². The SMILES string of the molecule is COc1cc(F)c(C2CCCCN2)c(Cl)c1. The van der Waals surface area contributed by atoms with Crippen LogP contribution in [0.1, 0.15) is 30.9 Å². The summed E-state index contributed by atoms with van der Waals surface area (Å²) in [7, 11) is 1.50. The summed E-state index contributed by atoms with van der Waals surface area (Å²) >= 11 is 6.09. The number of halogens is 2. The summed E-state index contributed by atoms with van der Waals surface area (Å²) in [5.41, 5.74) is 0.571. The highest BCUT2D eigenvalue weighted by atomic mass is 35.5. The van der Waals surface area contributed by atoms with Crippen LogP contribution >= 0.6 is 11.6 Å². The molecule has 1 aliphatic rings. The molecule has 2 nitrogen and oxygen atoms in total. The van der Waals surface area contributed by atoms with E-state index in [0.717, 1.165) is 25.8 Å². The molecule has 1 aliphatic heterocycles. The Labute approximate surface area is 99.7 Å². The van der Waals surface area contributed by atoms with Crippen LogP contribution in [0.3, 0.4) is 0 Å². The van der Waals surface area contributed by atoms with E-state index in [9.17, 15) is 4.39 Å². The van der Waals surface area contributed by atoms with E-state index in [1.54, 1.807) is 6.07 Å². The first-order chi connectivity index (χ1) is 7.72. The summed E-state index contributed by atoms with van der Waals surface area (Å²) in [4.78, 5) is 0. The number of hydrogen-bond donors (Lipinski definition) is 1. The van der Waals surface area contributed by atoms with Gasteiger partial charge in [-0.15, -0.1) is 0 Å². The summed E-state index contributed by atoms with van der Waals surface area (Å²) < 4.78 is 18.9. The van der Waals surface area contributed by atoms with Gasteiger partial charge in [-0.1, -0.05) is 18.0 Å². The molecule has 1 saturated heterocycles. The third-order valence-electron chi connectivity index (χ3n) is 2.95. The average molecular weight is 244 g/mol. The number of nitrogens with one attached hydrogen (secondary N) is 1. The maximum atomic E-state index is 13.9. The van der Waals surface area contributed by atoms with Crippen LogP contribution in [0, 0.1) is 5.82 Å². The number of piperidine rings is 1. The van der Waals surface area contributed by atoms with Crippen LogP contribution in [0.5, 0.6) is 5.75 Å². The molecular weight excluding hydrogens is 229 g/mol. The number of rotatable bonds is 2. The van der Waals surface area contributed by atoms with Gasteiger partial charge < -0.3 is 10.1 Å². The molecule has 1 N–H and O–H groups in total. The fourth-order valence-electron chi connectivity index (χ4n) is 2.11. The molecule has 0 radical (unpaired) electrons. The smallest absolute Gasteiger partial charge is 0.133 e. The second-order valence-electron chi connectivity index (χ2n) is 4.01. The van der Waals surface area contributed by atoms with Crippen LogP contribution in [0.15, 0.2) is 12.1 Å². The normalized spacial score (nSPS) is 20.8. The Morgan fingerprint density at radius 3 is 2.81 bits per heavy atom. The number of ether oxygens (including phenoxy) is 1. The summed E-state index contributed by atoms with van der Waals surface area (Å²) in [5.74, 6) is 0.172. The fourth-order valence-corrected chi connectivity index (χ4v) is 2.44. The Morgan fingerprint density at radius 1 is 1.44 bits per heavy atom. The maximum Gasteiger partial charge on any atom is 0.133 e. The van der Waals surface area contributed by atoms with Crippen LogP contribution in [0.2, 0.25) is 5.02 Å². The minimum absolute atomic E-state index is 0.0344. The van der Waals surface area contributed by atoms with Gasteiger partial charge in [0.05, 0.1) is 12.1 Å². The average Bonchev–Trinajstić information content (AvgIpc) is 2.29. The lowest BCUT2D eigenvalue weighted by Crippen LogP contribution is -2.27. The van der Waals surface area contributed by atoms with Crippen molar-refractivity contribution in [1.29, 1.82) is 0 Å². The molecule has 0 aromatic heterocycles. The fraction of sp³-hybridized carbons (Fsp3) is 0.500. The summed E-state index contributed by atoms with van der Waals surface area (Å²) in [6, 6.07) is 3.08. The zero-order chi connectivity index (χ0) is 11.5. The molecule has 1 fully saturated rings. The Balaban J connectivity index is 2.32. The third kappa shape index (κ3) is 2.30. The van der Waals surface area contributed by atoms with Crippen molar-refractivity contribution in [3.05, 3.63) is 28.5 Å². The molecule has 0 amide bonds. The van der Waals surface area contributed by atoms with E-state index in [-0.39, 0.29) is 11.9 Å². The van der Waals surface area contributed by atoms with Gasteiger partial charge in [0, 0.05) is 17.7 Å². The molecule has 16 heavy (non-hydrogen) atoms. The molecule has 0 aliphatic carbocycles. The van der Waals surface area contributed by atoms with Gasteiger partial charge >= 0.3 is 0 Å².